The van der Waals surface area contributed by atoms with Crippen molar-refractivity contribution in [2.45, 2.75) is 20.4 Å². The smallest absolute Gasteiger partial charge is 0.312 e. The molecule has 5 rings (SSSR count). The van der Waals surface area contributed by atoms with Gasteiger partial charge in [0.15, 0.2) is 0 Å². The van der Waals surface area contributed by atoms with Crippen LogP contribution in [0.15, 0.2) is 59.4 Å². The number of ether oxygens (including phenoxy) is 1. The Kier molecular flexibility index (Phi) is 6.09. The van der Waals surface area contributed by atoms with Crippen LogP contribution in [0.25, 0.3) is 28.2 Å². The summed E-state index contributed by atoms with van der Waals surface area (Å²) < 4.78 is 36.6. The summed E-state index contributed by atoms with van der Waals surface area (Å²) in [6.45, 7) is 4.34. The Labute approximate surface area is 205 Å². The molecule has 3 heterocycles. The van der Waals surface area contributed by atoms with Gasteiger partial charge in [0.2, 0.25) is 0 Å². The van der Waals surface area contributed by atoms with E-state index in [-0.39, 0.29) is 42.5 Å². The molecule has 0 aliphatic carbocycles. The zero-order valence-corrected chi connectivity index (χ0v) is 19.7. The second-order valence-electron chi connectivity index (χ2n) is 8.46. The molecule has 1 aliphatic rings. The predicted molar refractivity (Wildman–Crippen MR) is 130 cm³/mol. The highest BCUT2D eigenvalue weighted by Crippen LogP contribution is 2.39. The molecular formula is C26H23F2N5O3. The number of rotatable bonds is 5. The normalized spacial score (nSPS) is 14.7. The zero-order chi connectivity index (χ0) is 25.4. The Balaban J connectivity index is 1.70. The van der Waals surface area contributed by atoms with Crippen molar-refractivity contribution in [2.24, 2.45) is 5.92 Å². The van der Waals surface area contributed by atoms with Gasteiger partial charge in [0.05, 0.1) is 36.0 Å². The summed E-state index contributed by atoms with van der Waals surface area (Å²) in [5.41, 5.74) is 2.20. The third-order valence-electron chi connectivity index (χ3n) is 6.07. The molecule has 0 saturated heterocycles. The van der Waals surface area contributed by atoms with E-state index >= 15 is 0 Å². The number of para-hydroxylation sites is 1. The van der Waals surface area contributed by atoms with Crippen LogP contribution in [0.5, 0.6) is 0 Å². The van der Waals surface area contributed by atoms with Crippen molar-refractivity contribution < 1.29 is 18.3 Å². The molecule has 1 aliphatic heterocycles. The molecule has 36 heavy (non-hydrogen) atoms. The van der Waals surface area contributed by atoms with Gasteiger partial charge >= 0.3 is 5.97 Å². The maximum absolute atomic E-state index is 14.9. The monoisotopic (exact) mass is 491 g/mol. The first-order chi connectivity index (χ1) is 17.4. The fourth-order valence-electron chi connectivity index (χ4n) is 4.32. The first-order valence-corrected chi connectivity index (χ1v) is 11.5. The van der Waals surface area contributed by atoms with Gasteiger partial charge in [0.25, 0.3) is 5.56 Å². The van der Waals surface area contributed by atoms with Gasteiger partial charge in [-0.1, -0.05) is 18.2 Å². The molecule has 1 N–H and O–H groups in total. The third kappa shape index (κ3) is 4.15. The molecule has 0 fully saturated rings. The van der Waals surface area contributed by atoms with Crippen molar-refractivity contribution in [2.75, 3.05) is 18.5 Å². The zero-order valence-electron chi connectivity index (χ0n) is 19.7. The van der Waals surface area contributed by atoms with Crippen molar-refractivity contribution in [1.29, 1.82) is 0 Å². The van der Waals surface area contributed by atoms with Gasteiger partial charge in [-0.05, 0) is 43.7 Å². The maximum Gasteiger partial charge on any atom is 0.312 e. The second kappa shape index (κ2) is 9.37. The van der Waals surface area contributed by atoms with Gasteiger partial charge in [-0.2, -0.15) is 14.9 Å². The largest absolute Gasteiger partial charge is 0.466 e. The molecular weight excluding hydrogens is 468 g/mol. The first kappa shape index (κ1) is 23.4. The standard InChI is InChI=1S/C26H23F2N5O3/c1-3-36-26(35)16-13-29-25-23(24(31-32(25)14-16)18-9-8-17(27)12-19(18)28)20-10-11-22(34)33(30-20)21-7-5-4-6-15(21)2/h4-12,16,29H,3,13-14H2,1-2H3. The Bertz CT molecular complexity index is 1530. The van der Waals surface area contributed by atoms with Crippen LogP contribution >= 0.6 is 0 Å². The lowest BCUT2D eigenvalue weighted by Gasteiger charge is -2.24. The van der Waals surface area contributed by atoms with Gasteiger partial charge in [0, 0.05) is 24.2 Å². The number of nitrogens with one attached hydrogen (secondary N) is 1. The quantitative estimate of drug-likeness (QED) is 0.425. The number of aromatic nitrogens is 4. The number of hydrogen-bond acceptors (Lipinski definition) is 6. The Morgan fingerprint density at radius 2 is 1.94 bits per heavy atom. The lowest BCUT2D eigenvalue weighted by molar-refractivity contribution is -0.148. The first-order valence-electron chi connectivity index (χ1n) is 11.5. The fourth-order valence-corrected chi connectivity index (χ4v) is 4.32. The van der Waals surface area contributed by atoms with Crippen LogP contribution in [0.4, 0.5) is 14.6 Å². The number of anilines is 1. The van der Waals surface area contributed by atoms with Crippen LogP contribution in [-0.4, -0.2) is 38.7 Å². The maximum atomic E-state index is 14.9. The van der Waals surface area contributed by atoms with Crippen LogP contribution in [0.3, 0.4) is 0 Å². The number of esters is 1. The minimum absolute atomic E-state index is 0.0678. The van der Waals surface area contributed by atoms with Crippen LogP contribution in [0.1, 0.15) is 12.5 Å². The summed E-state index contributed by atoms with van der Waals surface area (Å²) in [5.74, 6) is -1.86. The van der Waals surface area contributed by atoms with Crippen LogP contribution < -0.4 is 10.9 Å². The molecule has 0 radical (unpaired) electrons. The van der Waals surface area contributed by atoms with Gasteiger partial charge in [0.1, 0.15) is 23.1 Å². The SMILES string of the molecule is CCOC(=O)C1CNc2c(-c3ccc(=O)n(-c4ccccc4C)n3)c(-c3ccc(F)cc3F)nn2C1. The molecule has 1 unspecified atom stereocenters. The Hall–Kier alpha value is -4.34. The van der Waals surface area contributed by atoms with Gasteiger partial charge in [-0.3, -0.25) is 9.59 Å². The highest BCUT2D eigenvalue weighted by atomic mass is 19.1. The molecule has 1 atom stereocenters. The summed E-state index contributed by atoms with van der Waals surface area (Å²) >= 11 is 0. The number of carbonyl (C=O) groups is 1. The topological polar surface area (TPSA) is 91.0 Å². The van der Waals surface area contributed by atoms with Crippen molar-refractivity contribution in [3.05, 3.63) is 82.1 Å². The summed E-state index contributed by atoms with van der Waals surface area (Å²) in [6, 6.07) is 13.5. The van der Waals surface area contributed by atoms with E-state index in [1.165, 1.54) is 16.8 Å². The molecule has 2 aromatic heterocycles. The summed E-state index contributed by atoms with van der Waals surface area (Å²) in [5, 5.41) is 12.4. The minimum Gasteiger partial charge on any atom is -0.466 e. The van der Waals surface area contributed by atoms with Crippen LogP contribution in [0.2, 0.25) is 0 Å². The summed E-state index contributed by atoms with van der Waals surface area (Å²) in [6.07, 6.45) is 0. The van der Waals surface area contributed by atoms with Crippen molar-refractivity contribution in [1.82, 2.24) is 19.6 Å². The van der Waals surface area contributed by atoms with Crippen LogP contribution in [0, 0.1) is 24.5 Å². The summed E-state index contributed by atoms with van der Waals surface area (Å²) in [7, 11) is 0. The number of carbonyl (C=O) groups excluding carboxylic acids is 1. The van der Waals surface area contributed by atoms with E-state index < -0.39 is 17.6 Å². The molecule has 0 saturated carbocycles. The Morgan fingerprint density at radius 3 is 2.69 bits per heavy atom. The van der Waals surface area contributed by atoms with E-state index in [4.69, 9.17) is 4.74 Å². The lowest BCUT2D eigenvalue weighted by atomic mass is 10.0. The number of benzene rings is 2. The van der Waals surface area contributed by atoms with Crippen LogP contribution in [-0.2, 0) is 16.1 Å². The summed E-state index contributed by atoms with van der Waals surface area (Å²) in [4.78, 5) is 25.1. The molecule has 2 aromatic carbocycles. The van der Waals surface area contributed by atoms with E-state index in [1.807, 2.05) is 19.1 Å². The van der Waals surface area contributed by atoms with E-state index in [0.717, 1.165) is 17.7 Å². The average molecular weight is 491 g/mol. The number of nitrogens with zero attached hydrogens (tertiary/aromatic N) is 4. The average Bonchev–Trinajstić information content (AvgIpc) is 3.23. The third-order valence-corrected chi connectivity index (χ3v) is 6.07. The van der Waals surface area contributed by atoms with Gasteiger partial charge in [-0.25, -0.2) is 13.5 Å². The number of hydrogen-bond donors (Lipinski definition) is 1. The predicted octanol–water partition coefficient (Wildman–Crippen LogP) is 3.95. The molecule has 8 nitrogen and oxygen atoms in total. The van der Waals surface area contributed by atoms with Gasteiger partial charge in [-0.15, -0.1) is 0 Å². The molecule has 0 spiro atoms. The lowest BCUT2D eigenvalue weighted by Crippen LogP contribution is -2.34. The van der Waals surface area contributed by atoms with Gasteiger partial charge < -0.3 is 10.1 Å². The van der Waals surface area contributed by atoms with E-state index in [0.29, 0.717) is 22.8 Å². The highest BCUT2D eigenvalue weighted by molar-refractivity contribution is 5.88. The molecule has 0 bridgehead atoms. The van der Waals surface area contributed by atoms with Crippen molar-refractivity contribution in [3.63, 3.8) is 0 Å². The fraction of sp³-hybridized carbons (Fsp3) is 0.231. The second-order valence-corrected chi connectivity index (χ2v) is 8.46. The number of fused-ring (bicyclic) bond motifs is 1. The van der Waals surface area contributed by atoms with E-state index in [1.54, 1.807) is 29.8 Å². The number of aryl methyl sites for hydroxylation is 1. The van der Waals surface area contributed by atoms with Crippen molar-refractivity contribution in [3.8, 4) is 28.2 Å². The minimum atomic E-state index is -0.791. The van der Waals surface area contributed by atoms with E-state index in [9.17, 15) is 18.4 Å². The number of halogens is 2. The Morgan fingerprint density at radius 1 is 1.14 bits per heavy atom. The highest BCUT2D eigenvalue weighted by Gasteiger charge is 2.32. The van der Waals surface area contributed by atoms with Crippen molar-refractivity contribution >= 4 is 11.8 Å². The van der Waals surface area contributed by atoms with E-state index in [2.05, 4.69) is 15.5 Å². The molecule has 10 heteroatoms. The molecule has 0 amide bonds. The molecule has 4 aromatic rings. The molecule has 184 valence electrons.